The van der Waals surface area contributed by atoms with E-state index in [1.807, 2.05) is 4.90 Å². The first-order valence-corrected chi connectivity index (χ1v) is 13.0. The molecule has 1 fully saturated rings. The van der Waals surface area contributed by atoms with Crippen LogP contribution in [0.25, 0.3) is 6.08 Å². The van der Waals surface area contributed by atoms with Crippen LogP contribution in [0, 0.1) is 11.2 Å². The number of aromatic nitrogens is 1. The fraction of sp³-hybridized carbons (Fsp3) is 0.125. The van der Waals surface area contributed by atoms with Gasteiger partial charge in [0, 0.05) is 46.3 Å². The Labute approximate surface area is 228 Å². The lowest BCUT2D eigenvalue weighted by atomic mass is 9.64. The lowest BCUT2D eigenvalue weighted by Gasteiger charge is -2.37. The minimum Gasteiger partial charge on any atom is -0.352 e. The SMILES string of the molecule is O=C(c1ccccc1Cl)[C@@H]1[C@@H](c2cccnc2)C2(C(=O)c3ccccc3C2=O)[C@H]2C=Cc3cc(F)ccc3N12. The molecule has 3 aliphatic rings. The summed E-state index contributed by atoms with van der Waals surface area (Å²) < 4.78 is 14.3. The second-order valence-electron chi connectivity index (χ2n) is 10.0. The Morgan fingerprint density at radius 3 is 2.33 bits per heavy atom. The number of Topliss-reactive ketones (excluding diaryl/α,β-unsaturated/α-hetero) is 3. The van der Waals surface area contributed by atoms with Crippen molar-refractivity contribution >= 4 is 40.7 Å². The molecule has 0 unspecified atom stereocenters. The number of hydrogen-bond acceptors (Lipinski definition) is 5. The summed E-state index contributed by atoms with van der Waals surface area (Å²) in [5.41, 5.74) is 1.02. The van der Waals surface area contributed by atoms with E-state index in [0.717, 1.165) is 0 Å². The second-order valence-corrected chi connectivity index (χ2v) is 10.4. The number of benzene rings is 3. The topological polar surface area (TPSA) is 67.3 Å². The van der Waals surface area contributed by atoms with Gasteiger partial charge in [-0.1, -0.05) is 66.2 Å². The maximum absolute atomic E-state index is 14.5. The van der Waals surface area contributed by atoms with Gasteiger partial charge < -0.3 is 4.90 Å². The summed E-state index contributed by atoms with van der Waals surface area (Å²) in [6.07, 6.45) is 6.70. The number of nitrogens with zero attached hydrogens (tertiary/aromatic N) is 2. The summed E-state index contributed by atoms with van der Waals surface area (Å²) in [6, 6.07) is 19.6. The standard InChI is InChI=1S/C32H20ClFN2O3/c33-24-10-4-3-9-23(24)29(37)28-27(19-6-5-15-35-17-19)32(30(38)21-7-1-2-8-22(21)31(32)39)26-14-11-18-16-20(34)12-13-25(18)36(26)28/h1-17,26-28H/t26-,27-,28+/m1/s1. The highest BCUT2D eigenvalue weighted by Crippen LogP contribution is 2.61. The number of fused-ring (bicyclic) bond motifs is 5. The lowest BCUT2D eigenvalue weighted by molar-refractivity contribution is 0.0666. The highest BCUT2D eigenvalue weighted by molar-refractivity contribution is 6.35. The maximum atomic E-state index is 14.5. The molecule has 3 heterocycles. The third kappa shape index (κ3) is 3.12. The predicted octanol–water partition coefficient (Wildman–Crippen LogP) is 6.19. The van der Waals surface area contributed by atoms with Gasteiger partial charge in [-0.25, -0.2) is 4.39 Å². The van der Waals surface area contributed by atoms with Crippen LogP contribution in [0.5, 0.6) is 0 Å². The van der Waals surface area contributed by atoms with Gasteiger partial charge in [0.15, 0.2) is 17.3 Å². The Hall–Kier alpha value is -4.42. The molecule has 0 saturated carbocycles. The normalized spacial score (nSPS) is 22.1. The Bertz CT molecular complexity index is 1700. The molecular weight excluding hydrogens is 515 g/mol. The Morgan fingerprint density at radius 1 is 0.923 bits per heavy atom. The monoisotopic (exact) mass is 534 g/mol. The van der Waals surface area contributed by atoms with Crippen LogP contribution in [-0.2, 0) is 0 Å². The number of rotatable bonds is 3. The first-order valence-electron chi connectivity index (χ1n) is 12.6. The summed E-state index contributed by atoms with van der Waals surface area (Å²) in [4.78, 5) is 49.7. The molecule has 2 aliphatic heterocycles. The molecule has 39 heavy (non-hydrogen) atoms. The van der Waals surface area contributed by atoms with Crippen molar-refractivity contribution in [1.29, 1.82) is 0 Å². The van der Waals surface area contributed by atoms with Crippen molar-refractivity contribution < 1.29 is 18.8 Å². The molecule has 190 valence electrons. The minimum absolute atomic E-state index is 0.268. The van der Waals surface area contributed by atoms with Crippen LogP contribution in [-0.4, -0.2) is 34.4 Å². The molecule has 0 radical (unpaired) electrons. The van der Waals surface area contributed by atoms with Crippen LogP contribution in [0.4, 0.5) is 10.1 Å². The minimum atomic E-state index is -1.64. The van der Waals surface area contributed by atoms with E-state index in [-0.39, 0.29) is 27.9 Å². The number of halogens is 2. The number of anilines is 1. The molecule has 7 heteroatoms. The average molecular weight is 535 g/mol. The summed E-state index contributed by atoms with van der Waals surface area (Å²) >= 11 is 6.52. The number of carbonyl (C=O) groups excluding carboxylic acids is 3. The van der Waals surface area contributed by atoms with Crippen molar-refractivity contribution in [3.05, 3.63) is 136 Å². The molecule has 0 amide bonds. The Morgan fingerprint density at radius 2 is 1.64 bits per heavy atom. The van der Waals surface area contributed by atoms with Crippen LogP contribution < -0.4 is 4.90 Å². The van der Waals surface area contributed by atoms with Crippen molar-refractivity contribution in [2.75, 3.05) is 4.90 Å². The molecule has 5 nitrogen and oxygen atoms in total. The van der Waals surface area contributed by atoms with E-state index in [9.17, 15) is 18.8 Å². The molecule has 7 rings (SSSR count). The van der Waals surface area contributed by atoms with Crippen LogP contribution in [0.15, 0.2) is 97.3 Å². The number of hydrogen-bond donors (Lipinski definition) is 0. The highest BCUT2D eigenvalue weighted by atomic mass is 35.5. The third-order valence-corrected chi connectivity index (χ3v) is 8.55. The Balaban J connectivity index is 1.56. The van der Waals surface area contributed by atoms with Gasteiger partial charge in [-0.3, -0.25) is 19.4 Å². The van der Waals surface area contributed by atoms with Crippen LogP contribution in [0.3, 0.4) is 0 Å². The summed E-state index contributed by atoms with van der Waals surface area (Å²) in [6.45, 7) is 0. The zero-order valence-electron chi connectivity index (χ0n) is 20.4. The van der Waals surface area contributed by atoms with E-state index in [1.165, 1.54) is 12.1 Å². The first-order chi connectivity index (χ1) is 18.9. The van der Waals surface area contributed by atoms with E-state index < -0.39 is 29.2 Å². The Kier molecular flexibility index (Phi) is 5.19. The second kappa shape index (κ2) is 8.55. The summed E-state index contributed by atoms with van der Waals surface area (Å²) in [5, 5.41) is 0.268. The van der Waals surface area contributed by atoms with Crippen molar-refractivity contribution in [2.24, 2.45) is 5.41 Å². The van der Waals surface area contributed by atoms with Gasteiger partial charge in [0.25, 0.3) is 0 Å². The highest BCUT2D eigenvalue weighted by Gasteiger charge is 2.71. The number of ketones is 3. The molecule has 4 aromatic rings. The van der Waals surface area contributed by atoms with E-state index >= 15 is 0 Å². The molecule has 0 bridgehead atoms. The molecule has 1 aliphatic carbocycles. The third-order valence-electron chi connectivity index (χ3n) is 8.22. The average Bonchev–Trinajstić information content (AvgIpc) is 3.39. The number of carbonyl (C=O) groups is 3. The van der Waals surface area contributed by atoms with Crippen molar-refractivity contribution in [3.8, 4) is 0 Å². The van der Waals surface area contributed by atoms with Gasteiger partial charge in [0.05, 0.1) is 11.1 Å². The largest absolute Gasteiger partial charge is 0.352 e. The zero-order chi connectivity index (χ0) is 26.9. The van der Waals surface area contributed by atoms with E-state index in [4.69, 9.17) is 11.6 Å². The molecule has 1 aromatic heterocycles. The van der Waals surface area contributed by atoms with E-state index in [0.29, 0.717) is 27.9 Å². The van der Waals surface area contributed by atoms with E-state index in [2.05, 4.69) is 4.98 Å². The van der Waals surface area contributed by atoms with Crippen LogP contribution in [0.1, 0.15) is 48.1 Å². The first kappa shape index (κ1) is 23.7. The zero-order valence-corrected chi connectivity index (χ0v) is 21.2. The van der Waals surface area contributed by atoms with Gasteiger partial charge in [-0.15, -0.1) is 0 Å². The molecule has 0 N–H and O–H groups in total. The van der Waals surface area contributed by atoms with Gasteiger partial charge in [-0.2, -0.15) is 0 Å². The molecule has 3 atom stereocenters. The maximum Gasteiger partial charge on any atom is 0.187 e. The lowest BCUT2D eigenvalue weighted by Crippen LogP contribution is -2.48. The summed E-state index contributed by atoms with van der Waals surface area (Å²) in [5.74, 6) is -2.33. The predicted molar refractivity (Wildman–Crippen MR) is 146 cm³/mol. The fourth-order valence-corrected chi connectivity index (χ4v) is 6.93. The van der Waals surface area contributed by atoms with Gasteiger partial charge in [0.1, 0.15) is 17.3 Å². The van der Waals surface area contributed by atoms with Gasteiger partial charge >= 0.3 is 0 Å². The van der Waals surface area contributed by atoms with Crippen LogP contribution in [0.2, 0.25) is 5.02 Å². The smallest absolute Gasteiger partial charge is 0.187 e. The molecule has 3 aromatic carbocycles. The van der Waals surface area contributed by atoms with Crippen molar-refractivity contribution in [3.63, 3.8) is 0 Å². The van der Waals surface area contributed by atoms with Gasteiger partial charge in [0.2, 0.25) is 0 Å². The number of pyridine rings is 1. The quantitative estimate of drug-likeness (QED) is 0.231. The summed E-state index contributed by atoms with van der Waals surface area (Å²) in [7, 11) is 0. The molecule has 1 saturated heterocycles. The van der Waals surface area contributed by atoms with Crippen LogP contribution >= 0.6 is 11.6 Å². The van der Waals surface area contributed by atoms with Crippen molar-refractivity contribution in [2.45, 2.75) is 18.0 Å². The van der Waals surface area contributed by atoms with Crippen molar-refractivity contribution in [1.82, 2.24) is 4.98 Å². The van der Waals surface area contributed by atoms with Gasteiger partial charge in [-0.05, 0) is 42.0 Å². The molecular formula is C32H20ClFN2O3. The fourth-order valence-electron chi connectivity index (χ4n) is 6.70. The van der Waals surface area contributed by atoms with E-state index in [1.54, 1.807) is 91.3 Å². The molecule has 1 spiro atoms.